The van der Waals surface area contributed by atoms with Crippen LogP contribution in [0.5, 0.6) is 0 Å². The van der Waals surface area contributed by atoms with E-state index in [1.165, 1.54) is 0 Å². The number of imidazole rings is 1. The van der Waals surface area contributed by atoms with E-state index in [0.717, 1.165) is 37.2 Å². The lowest BCUT2D eigenvalue weighted by Crippen LogP contribution is -2.48. The molecule has 134 valence electrons. The Morgan fingerprint density at radius 3 is 3.00 bits per heavy atom. The van der Waals surface area contributed by atoms with Gasteiger partial charge in [0.1, 0.15) is 0 Å². The first-order valence-corrected chi connectivity index (χ1v) is 8.83. The zero-order valence-corrected chi connectivity index (χ0v) is 14.7. The van der Waals surface area contributed by atoms with Gasteiger partial charge in [0.2, 0.25) is 5.91 Å². The molecule has 7 heteroatoms. The van der Waals surface area contributed by atoms with E-state index in [0.29, 0.717) is 26.2 Å². The molecule has 0 aliphatic carbocycles. The molecule has 1 unspecified atom stereocenters. The molecule has 3 rings (SSSR count). The fourth-order valence-electron chi connectivity index (χ4n) is 3.18. The molecule has 1 aliphatic rings. The molecule has 0 N–H and O–H groups in total. The molecular weight excluding hydrogens is 318 g/mol. The summed E-state index contributed by atoms with van der Waals surface area (Å²) in [5.41, 5.74) is 1.96. The quantitative estimate of drug-likeness (QED) is 0.764. The van der Waals surface area contributed by atoms with Crippen LogP contribution < -0.4 is 0 Å². The Bertz CT molecular complexity index is 674. The van der Waals surface area contributed by atoms with Gasteiger partial charge in [0, 0.05) is 44.3 Å². The van der Waals surface area contributed by atoms with Gasteiger partial charge >= 0.3 is 0 Å². The number of nitrogens with zero attached hydrogens (tertiary/aromatic N) is 5. The molecule has 1 saturated heterocycles. The number of carbonyl (C=O) groups is 1. The van der Waals surface area contributed by atoms with Gasteiger partial charge in [0.25, 0.3) is 0 Å². The summed E-state index contributed by atoms with van der Waals surface area (Å²) in [5, 5.41) is 0. The number of aromatic nitrogens is 4. The highest BCUT2D eigenvalue weighted by molar-refractivity contribution is 5.76. The summed E-state index contributed by atoms with van der Waals surface area (Å²) in [4.78, 5) is 27.3. The van der Waals surface area contributed by atoms with Crippen molar-refractivity contribution in [3.8, 4) is 0 Å². The fourth-order valence-corrected chi connectivity index (χ4v) is 3.18. The van der Waals surface area contributed by atoms with Crippen molar-refractivity contribution >= 4 is 5.91 Å². The third kappa shape index (κ3) is 4.85. The van der Waals surface area contributed by atoms with Crippen molar-refractivity contribution in [3.63, 3.8) is 0 Å². The molecule has 0 radical (unpaired) electrons. The lowest BCUT2D eigenvalue weighted by Gasteiger charge is -2.36. The molecule has 1 aliphatic heterocycles. The SMILES string of the molecule is Cc1nccnc1CCC1COCCN1C(=O)CCCn1ccnc1. The average molecular weight is 343 g/mol. The van der Waals surface area contributed by atoms with Crippen LogP contribution in [0.25, 0.3) is 0 Å². The maximum absolute atomic E-state index is 12.6. The second kappa shape index (κ2) is 8.71. The first-order chi connectivity index (χ1) is 12.2. The molecule has 0 spiro atoms. The Balaban J connectivity index is 1.51. The van der Waals surface area contributed by atoms with E-state index in [-0.39, 0.29) is 11.9 Å². The van der Waals surface area contributed by atoms with Crippen LogP contribution in [0.3, 0.4) is 0 Å². The topological polar surface area (TPSA) is 73.1 Å². The normalized spacial score (nSPS) is 17.6. The van der Waals surface area contributed by atoms with Crippen molar-refractivity contribution in [3.05, 3.63) is 42.5 Å². The van der Waals surface area contributed by atoms with E-state index in [9.17, 15) is 4.79 Å². The first-order valence-electron chi connectivity index (χ1n) is 8.83. The largest absolute Gasteiger partial charge is 0.377 e. The molecule has 2 aromatic rings. The van der Waals surface area contributed by atoms with Crippen LogP contribution in [-0.2, 0) is 22.5 Å². The van der Waals surface area contributed by atoms with Gasteiger partial charge in [-0.1, -0.05) is 0 Å². The van der Waals surface area contributed by atoms with Crippen LogP contribution in [0.4, 0.5) is 0 Å². The summed E-state index contributed by atoms with van der Waals surface area (Å²) in [6.45, 7) is 4.69. The maximum atomic E-state index is 12.6. The third-order valence-electron chi connectivity index (χ3n) is 4.61. The fraction of sp³-hybridized carbons (Fsp3) is 0.556. The number of rotatable bonds is 7. The molecule has 0 saturated carbocycles. The van der Waals surface area contributed by atoms with E-state index < -0.39 is 0 Å². The Hall–Kier alpha value is -2.28. The van der Waals surface area contributed by atoms with Crippen LogP contribution in [0.2, 0.25) is 0 Å². The van der Waals surface area contributed by atoms with Crippen LogP contribution in [-0.4, -0.2) is 56.1 Å². The second-order valence-corrected chi connectivity index (χ2v) is 6.35. The van der Waals surface area contributed by atoms with Crippen LogP contribution >= 0.6 is 0 Å². The van der Waals surface area contributed by atoms with Gasteiger partial charge in [-0.25, -0.2) is 4.98 Å². The Morgan fingerprint density at radius 1 is 1.32 bits per heavy atom. The van der Waals surface area contributed by atoms with Crippen LogP contribution in [0, 0.1) is 6.92 Å². The highest BCUT2D eigenvalue weighted by Crippen LogP contribution is 2.16. The van der Waals surface area contributed by atoms with Gasteiger partial charge in [-0.15, -0.1) is 0 Å². The first kappa shape index (κ1) is 17.5. The molecule has 0 bridgehead atoms. The van der Waals surface area contributed by atoms with Gasteiger partial charge in [-0.3, -0.25) is 14.8 Å². The minimum absolute atomic E-state index is 0.121. The van der Waals surface area contributed by atoms with Gasteiger partial charge in [0.15, 0.2) is 0 Å². The molecule has 2 aromatic heterocycles. The minimum Gasteiger partial charge on any atom is -0.377 e. The average Bonchev–Trinajstić information content (AvgIpc) is 3.15. The van der Waals surface area contributed by atoms with Crippen molar-refractivity contribution < 1.29 is 9.53 Å². The van der Waals surface area contributed by atoms with Crippen LogP contribution in [0.1, 0.15) is 30.7 Å². The maximum Gasteiger partial charge on any atom is 0.223 e. The molecule has 1 fully saturated rings. The molecule has 7 nitrogen and oxygen atoms in total. The number of morpholine rings is 1. The number of ether oxygens (including phenoxy) is 1. The van der Waals surface area contributed by atoms with Gasteiger partial charge in [-0.05, 0) is 26.2 Å². The number of hydrogen-bond donors (Lipinski definition) is 0. The van der Waals surface area contributed by atoms with Crippen LogP contribution in [0.15, 0.2) is 31.1 Å². The predicted octanol–water partition coefficient (Wildman–Crippen LogP) is 1.62. The highest BCUT2D eigenvalue weighted by Gasteiger charge is 2.26. The monoisotopic (exact) mass is 343 g/mol. The Labute approximate surface area is 148 Å². The van der Waals surface area contributed by atoms with Crippen molar-refractivity contribution in [2.75, 3.05) is 19.8 Å². The third-order valence-corrected chi connectivity index (χ3v) is 4.61. The summed E-state index contributed by atoms with van der Waals surface area (Å²) in [6, 6.07) is 0.121. The lowest BCUT2D eigenvalue weighted by molar-refractivity contribution is -0.140. The smallest absolute Gasteiger partial charge is 0.223 e. The second-order valence-electron chi connectivity index (χ2n) is 6.35. The van der Waals surface area contributed by atoms with E-state index in [1.807, 2.05) is 22.6 Å². The molecule has 3 heterocycles. The van der Waals surface area contributed by atoms with Gasteiger partial charge in [-0.2, -0.15) is 0 Å². The van der Waals surface area contributed by atoms with Crippen molar-refractivity contribution in [2.45, 2.75) is 45.2 Å². The summed E-state index contributed by atoms with van der Waals surface area (Å²) in [5.74, 6) is 0.212. The predicted molar refractivity (Wildman–Crippen MR) is 92.9 cm³/mol. The molecule has 25 heavy (non-hydrogen) atoms. The van der Waals surface area contributed by atoms with E-state index >= 15 is 0 Å². The standard InChI is InChI=1S/C18H25N5O2/c1-15-17(21-7-6-20-15)5-4-16-13-25-12-11-23(16)18(24)3-2-9-22-10-8-19-14-22/h6-8,10,14,16H,2-5,9,11-13H2,1H3. The Morgan fingerprint density at radius 2 is 2.20 bits per heavy atom. The van der Waals surface area contributed by atoms with Crippen molar-refractivity contribution in [1.29, 1.82) is 0 Å². The Kier molecular flexibility index (Phi) is 6.11. The lowest BCUT2D eigenvalue weighted by atomic mass is 10.1. The van der Waals surface area contributed by atoms with E-state index in [1.54, 1.807) is 24.9 Å². The van der Waals surface area contributed by atoms with Crippen molar-refractivity contribution in [2.24, 2.45) is 0 Å². The summed E-state index contributed by atoms with van der Waals surface area (Å²) in [7, 11) is 0. The highest BCUT2D eigenvalue weighted by atomic mass is 16.5. The number of aryl methyl sites for hydroxylation is 3. The number of hydrogen-bond acceptors (Lipinski definition) is 5. The number of carbonyl (C=O) groups excluding carboxylic acids is 1. The number of amides is 1. The molecular formula is C18H25N5O2. The zero-order valence-electron chi connectivity index (χ0n) is 14.7. The minimum atomic E-state index is 0.121. The van der Waals surface area contributed by atoms with E-state index in [4.69, 9.17) is 4.74 Å². The van der Waals surface area contributed by atoms with Gasteiger partial charge in [0.05, 0.1) is 37.0 Å². The van der Waals surface area contributed by atoms with Crippen molar-refractivity contribution in [1.82, 2.24) is 24.4 Å². The van der Waals surface area contributed by atoms with Gasteiger partial charge < -0.3 is 14.2 Å². The molecule has 1 atom stereocenters. The van der Waals surface area contributed by atoms with E-state index in [2.05, 4.69) is 15.0 Å². The molecule has 0 aromatic carbocycles. The molecule has 1 amide bonds. The zero-order chi connectivity index (χ0) is 17.5. The summed E-state index contributed by atoms with van der Waals surface area (Å²) < 4.78 is 7.60. The summed E-state index contributed by atoms with van der Waals surface area (Å²) in [6.07, 6.45) is 11.9. The summed E-state index contributed by atoms with van der Waals surface area (Å²) >= 11 is 0.